The van der Waals surface area contributed by atoms with E-state index in [9.17, 15) is 13.6 Å². The van der Waals surface area contributed by atoms with Gasteiger partial charge < -0.3 is 4.74 Å². The van der Waals surface area contributed by atoms with Crippen molar-refractivity contribution in [3.63, 3.8) is 0 Å². The highest BCUT2D eigenvalue weighted by atomic mass is 19.2. The maximum Gasteiger partial charge on any atom is 0.314 e. The van der Waals surface area contributed by atoms with E-state index in [4.69, 9.17) is 4.74 Å². The van der Waals surface area contributed by atoms with E-state index < -0.39 is 11.6 Å². The summed E-state index contributed by atoms with van der Waals surface area (Å²) in [5.74, 6) is -1.58. The molecule has 2 nitrogen and oxygen atoms in total. The molecule has 0 aromatic heterocycles. The van der Waals surface area contributed by atoms with E-state index in [0.29, 0.717) is 0 Å². The fraction of sp³-hybridized carbons (Fsp3) is 0.588. The van der Waals surface area contributed by atoms with E-state index >= 15 is 0 Å². The standard InChI is InChI=1S/C17H22F2O2/c1-2-3-4-12-5-7-13(8-6-12)17(20)21-14-9-10-15(18)16(19)11-14/h9-13H,2-8H2,1H3. The van der Waals surface area contributed by atoms with Crippen LogP contribution >= 0.6 is 0 Å². The molecule has 116 valence electrons. The summed E-state index contributed by atoms with van der Waals surface area (Å²) in [6.07, 6.45) is 7.46. The third kappa shape index (κ3) is 4.51. The number of ether oxygens (including phenoxy) is 1. The minimum atomic E-state index is -0.997. The fourth-order valence-corrected chi connectivity index (χ4v) is 2.92. The van der Waals surface area contributed by atoms with Gasteiger partial charge in [0.2, 0.25) is 0 Å². The minimum Gasteiger partial charge on any atom is -0.426 e. The van der Waals surface area contributed by atoms with Gasteiger partial charge in [-0.1, -0.05) is 26.2 Å². The maximum atomic E-state index is 13.1. The number of esters is 1. The average molecular weight is 296 g/mol. The van der Waals surface area contributed by atoms with Crippen LogP contribution in [0.1, 0.15) is 51.9 Å². The number of hydrogen-bond acceptors (Lipinski definition) is 2. The molecule has 0 unspecified atom stereocenters. The van der Waals surface area contributed by atoms with Crippen LogP contribution in [0.25, 0.3) is 0 Å². The zero-order valence-corrected chi connectivity index (χ0v) is 12.4. The molecule has 0 N–H and O–H groups in total. The third-order valence-corrected chi connectivity index (χ3v) is 4.26. The van der Waals surface area contributed by atoms with Gasteiger partial charge >= 0.3 is 5.97 Å². The summed E-state index contributed by atoms with van der Waals surface area (Å²) in [5.41, 5.74) is 0. The van der Waals surface area contributed by atoms with Gasteiger partial charge in [-0.3, -0.25) is 4.79 Å². The summed E-state index contributed by atoms with van der Waals surface area (Å²) in [6, 6.07) is 3.17. The van der Waals surface area contributed by atoms with Gasteiger partial charge in [-0.25, -0.2) is 8.78 Å². The first-order chi connectivity index (χ1) is 10.1. The Morgan fingerprint density at radius 1 is 1.19 bits per heavy atom. The lowest BCUT2D eigenvalue weighted by molar-refractivity contribution is -0.140. The molecule has 0 amide bonds. The molecule has 0 atom stereocenters. The highest BCUT2D eigenvalue weighted by Crippen LogP contribution is 2.32. The van der Waals surface area contributed by atoms with Gasteiger partial charge in [0.1, 0.15) is 5.75 Å². The van der Waals surface area contributed by atoms with Crippen molar-refractivity contribution in [2.24, 2.45) is 11.8 Å². The Hall–Kier alpha value is -1.45. The van der Waals surface area contributed by atoms with Crippen molar-refractivity contribution in [1.29, 1.82) is 0 Å². The summed E-state index contributed by atoms with van der Waals surface area (Å²) in [7, 11) is 0. The summed E-state index contributed by atoms with van der Waals surface area (Å²) in [4.78, 5) is 12.0. The summed E-state index contributed by atoms with van der Waals surface area (Å²) >= 11 is 0. The highest BCUT2D eigenvalue weighted by molar-refractivity contribution is 5.75. The quantitative estimate of drug-likeness (QED) is 0.572. The summed E-state index contributed by atoms with van der Waals surface area (Å²) in [6.45, 7) is 2.19. The van der Waals surface area contributed by atoms with Gasteiger partial charge in [0.15, 0.2) is 11.6 Å². The SMILES string of the molecule is CCCCC1CCC(C(=O)Oc2ccc(F)c(F)c2)CC1. The van der Waals surface area contributed by atoms with Gasteiger partial charge in [-0.15, -0.1) is 0 Å². The van der Waals surface area contributed by atoms with Crippen LogP contribution in [0, 0.1) is 23.5 Å². The Morgan fingerprint density at radius 3 is 2.52 bits per heavy atom. The second kappa shape index (κ2) is 7.53. The molecule has 0 bridgehead atoms. The Balaban J connectivity index is 1.83. The normalized spacial score (nSPS) is 22.0. The molecular weight excluding hydrogens is 274 g/mol. The Labute approximate surface area is 124 Å². The van der Waals surface area contributed by atoms with Crippen LogP contribution in [0.4, 0.5) is 8.78 Å². The number of carbonyl (C=O) groups is 1. The van der Waals surface area contributed by atoms with Crippen LogP contribution in [0.15, 0.2) is 18.2 Å². The van der Waals surface area contributed by atoms with Crippen molar-refractivity contribution in [3.05, 3.63) is 29.8 Å². The lowest BCUT2D eigenvalue weighted by Gasteiger charge is -2.27. The topological polar surface area (TPSA) is 26.3 Å². The van der Waals surface area contributed by atoms with E-state index in [1.54, 1.807) is 0 Å². The number of halogens is 2. The molecular formula is C17H22F2O2. The van der Waals surface area contributed by atoms with Crippen molar-refractivity contribution >= 4 is 5.97 Å². The van der Waals surface area contributed by atoms with Gasteiger partial charge in [0, 0.05) is 6.07 Å². The van der Waals surface area contributed by atoms with Crippen molar-refractivity contribution in [3.8, 4) is 5.75 Å². The molecule has 21 heavy (non-hydrogen) atoms. The smallest absolute Gasteiger partial charge is 0.314 e. The second-order valence-corrected chi connectivity index (χ2v) is 5.86. The van der Waals surface area contributed by atoms with Gasteiger partial charge in [0.25, 0.3) is 0 Å². The van der Waals surface area contributed by atoms with Crippen LogP contribution in [0.3, 0.4) is 0 Å². The molecule has 0 heterocycles. The van der Waals surface area contributed by atoms with E-state index in [2.05, 4.69) is 6.92 Å². The summed E-state index contributed by atoms with van der Waals surface area (Å²) < 4.78 is 31.1. The van der Waals surface area contributed by atoms with Crippen molar-refractivity contribution in [1.82, 2.24) is 0 Å². The first kappa shape index (κ1) is 15.9. The number of hydrogen-bond donors (Lipinski definition) is 0. The molecule has 0 spiro atoms. The molecule has 2 rings (SSSR count). The number of rotatable bonds is 5. The molecule has 1 aromatic rings. The molecule has 4 heteroatoms. The Morgan fingerprint density at radius 2 is 1.90 bits per heavy atom. The van der Waals surface area contributed by atoms with Crippen LogP contribution < -0.4 is 4.74 Å². The lowest BCUT2D eigenvalue weighted by atomic mass is 9.80. The third-order valence-electron chi connectivity index (χ3n) is 4.26. The minimum absolute atomic E-state index is 0.0759. The van der Waals surface area contributed by atoms with Crippen molar-refractivity contribution in [2.45, 2.75) is 51.9 Å². The highest BCUT2D eigenvalue weighted by Gasteiger charge is 2.27. The van der Waals surface area contributed by atoms with Crippen LogP contribution in [-0.4, -0.2) is 5.97 Å². The lowest BCUT2D eigenvalue weighted by Crippen LogP contribution is -2.25. The van der Waals surface area contributed by atoms with Crippen LogP contribution in [0.2, 0.25) is 0 Å². The fourth-order valence-electron chi connectivity index (χ4n) is 2.92. The van der Waals surface area contributed by atoms with Crippen LogP contribution in [0.5, 0.6) is 5.75 Å². The molecule has 0 radical (unpaired) electrons. The van der Waals surface area contributed by atoms with Crippen molar-refractivity contribution in [2.75, 3.05) is 0 Å². The van der Waals surface area contributed by atoms with E-state index in [1.807, 2.05) is 0 Å². The zero-order chi connectivity index (χ0) is 15.2. The first-order valence-electron chi connectivity index (χ1n) is 7.77. The van der Waals surface area contributed by atoms with Crippen LogP contribution in [-0.2, 0) is 4.79 Å². The molecule has 1 aromatic carbocycles. The Bertz CT molecular complexity index is 480. The number of benzene rings is 1. The molecule has 1 fully saturated rings. The predicted octanol–water partition coefficient (Wildman–Crippen LogP) is 4.87. The van der Waals surface area contributed by atoms with Gasteiger partial charge in [-0.2, -0.15) is 0 Å². The largest absolute Gasteiger partial charge is 0.426 e. The van der Waals surface area contributed by atoms with E-state index in [-0.39, 0.29) is 17.6 Å². The monoisotopic (exact) mass is 296 g/mol. The zero-order valence-electron chi connectivity index (χ0n) is 12.4. The number of carbonyl (C=O) groups excluding carboxylic acids is 1. The molecule has 1 saturated carbocycles. The van der Waals surface area contributed by atoms with E-state index in [0.717, 1.165) is 43.7 Å². The average Bonchev–Trinajstić information content (AvgIpc) is 2.49. The first-order valence-corrected chi connectivity index (χ1v) is 7.77. The Kier molecular flexibility index (Phi) is 5.71. The maximum absolute atomic E-state index is 13.1. The molecule has 0 aliphatic heterocycles. The van der Waals surface area contributed by atoms with Gasteiger partial charge in [-0.05, 0) is 43.7 Å². The van der Waals surface area contributed by atoms with Crippen molar-refractivity contribution < 1.29 is 18.3 Å². The van der Waals surface area contributed by atoms with Gasteiger partial charge in [0.05, 0.1) is 5.92 Å². The molecule has 1 aliphatic carbocycles. The van der Waals surface area contributed by atoms with E-state index in [1.165, 1.54) is 25.3 Å². The molecule has 1 aliphatic rings. The summed E-state index contributed by atoms with van der Waals surface area (Å²) in [5, 5.41) is 0. The second-order valence-electron chi connectivity index (χ2n) is 5.86. The molecule has 0 saturated heterocycles. The number of unbranched alkanes of at least 4 members (excludes halogenated alkanes) is 1. The predicted molar refractivity (Wildman–Crippen MR) is 77.0 cm³/mol.